The number of carbonyl (C=O) groups excluding carboxylic acids is 1. The van der Waals surface area contributed by atoms with Gasteiger partial charge in [0, 0.05) is 54.4 Å². The number of hydrogen-bond donors (Lipinski definition) is 3. The molecule has 4 aromatic rings. The van der Waals surface area contributed by atoms with E-state index in [0.29, 0.717) is 47.0 Å². The van der Waals surface area contributed by atoms with Crippen molar-refractivity contribution in [3.8, 4) is 11.3 Å². The molecule has 1 atom stereocenters. The van der Waals surface area contributed by atoms with E-state index in [1.807, 2.05) is 30.3 Å². The molecule has 182 valence electrons. The Morgan fingerprint density at radius 2 is 1.78 bits per heavy atom. The SMILES string of the molecule is Cn1c(NC[C@@H](N)Cc2ccccc2)nc(-c2ccncc2)c(N2Cc3c(N)cccc3C2=O)c1=O. The summed E-state index contributed by atoms with van der Waals surface area (Å²) in [4.78, 5) is 37.3. The first-order chi connectivity index (χ1) is 17.4. The van der Waals surface area contributed by atoms with Gasteiger partial charge in [0.2, 0.25) is 5.95 Å². The number of nitrogens with two attached hydrogens (primary N) is 2. The Balaban J connectivity index is 1.51. The van der Waals surface area contributed by atoms with E-state index in [0.717, 1.165) is 5.56 Å². The molecule has 9 nitrogen and oxygen atoms in total. The highest BCUT2D eigenvalue weighted by atomic mass is 16.2. The Kier molecular flexibility index (Phi) is 6.22. The van der Waals surface area contributed by atoms with Crippen LogP contribution >= 0.6 is 0 Å². The topological polar surface area (TPSA) is 132 Å². The monoisotopic (exact) mass is 481 g/mol. The molecule has 0 spiro atoms. The highest BCUT2D eigenvalue weighted by molar-refractivity contribution is 6.12. The average Bonchev–Trinajstić information content (AvgIpc) is 3.23. The Labute approximate surface area is 208 Å². The van der Waals surface area contributed by atoms with Crippen molar-refractivity contribution >= 4 is 23.2 Å². The zero-order valence-electron chi connectivity index (χ0n) is 19.9. The molecule has 2 aromatic carbocycles. The molecule has 0 unspecified atom stereocenters. The molecule has 0 bridgehead atoms. The van der Waals surface area contributed by atoms with Crippen LogP contribution < -0.4 is 27.2 Å². The lowest BCUT2D eigenvalue weighted by atomic mass is 10.1. The number of fused-ring (bicyclic) bond motifs is 1. The van der Waals surface area contributed by atoms with Crippen LogP contribution in [0.1, 0.15) is 21.5 Å². The van der Waals surface area contributed by atoms with Crippen molar-refractivity contribution in [3.63, 3.8) is 0 Å². The number of benzene rings is 2. The summed E-state index contributed by atoms with van der Waals surface area (Å²) in [5.74, 6) is 0.0832. The molecule has 1 amide bonds. The first kappa shape index (κ1) is 23.3. The van der Waals surface area contributed by atoms with Gasteiger partial charge in [0.25, 0.3) is 11.5 Å². The predicted octanol–water partition coefficient (Wildman–Crippen LogP) is 2.57. The summed E-state index contributed by atoms with van der Waals surface area (Å²) in [5, 5.41) is 3.23. The van der Waals surface area contributed by atoms with E-state index in [2.05, 4.69) is 10.3 Å². The first-order valence-electron chi connectivity index (χ1n) is 11.7. The molecule has 36 heavy (non-hydrogen) atoms. The van der Waals surface area contributed by atoms with Gasteiger partial charge in [-0.3, -0.25) is 24.0 Å². The second kappa shape index (κ2) is 9.63. The molecule has 5 rings (SSSR count). The number of hydrogen-bond acceptors (Lipinski definition) is 7. The van der Waals surface area contributed by atoms with Crippen molar-refractivity contribution in [3.05, 3.63) is 100 Å². The summed E-state index contributed by atoms with van der Waals surface area (Å²) in [5.41, 5.74) is 16.2. The van der Waals surface area contributed by atoms with Gasteiger partial charge in [-0.15, -0.1) is 0 Å². The summed E-state index contributed by atoms with van der Waals surface area (Å²) in [6.45, 7) is 0.611. The second-order valence-corrected chi connectivity index (χ2v) is 8.83. The van der Waals surface area contributed by atoms with Crippen molar-refractivity contribution in [2.45, 2.75) is 19.0 Å². The van der Waals surface area contributed by atoms with Gasteiger partial charge >= 0.3 is 0 Å². The van der Waals surface area contributed by atoms with Crippen LogP contribution in [-0.4, -0.2) is 33.0 Å². The third-order valence-electron chi connectivity index (χ3n) is 6.36. The minimum Gasteiger partial charge on any atom is -0.398 e. The van der Waals surface area contributed by atoms with E-state index in [1.165, 1.54) is 9.47 Å². The Hall–Kier alpha value is -4.50. The van der Waals surface area contributed by atoms with Gasteiger partial charge in [-0.05, 0) is 36.2 Å². The fourth-order valence-corrected chi connectivity index (χ4v) is 4.45. The standard InChI is InChI=1S/C27H27N7O2/c1-33-26(36)24(34-16-21-20(25(34)35)8-5-9-22(21)29)23(18-10-12-30-13-11-18)32-27(33)31-15-19(28)14-17-6-3-2-4-7-17/h2-13,19H,14-16,28-29H2,1H3,(H,31,32)/t19-/m0/s1. The van der Waals surface area contributed by atoms with Gasteiger partial charge < -0.3 is 16.8 Å². The average molecular weight is 482 g/mol. The molecule has 2 aromatic heterocycles. The predicted molar refractivity (Wildman–Crippen MR) is 141 cm³/mol. The minimum atomic E-state index is -0.351. The third-order valence-corrected chi connectivity index (χ3v) is 6.36. The van der Waals surface area contributed by atoms with Crippen LogP contribution in [0.3, 0.4) is 0 Å². The molecule has 3 heterocycles. The Bertz CT molecular complexity index is 1470. The quantitative estimate of drug-likeness (QED) is 0.346. The molecule has 0 aliphatic carbocycles. The van der Waals surface area contributed by atoms with Gasteiger partial charge in [0.05, 0.1) is 6.54 Å². The fourth-order valence-electron chi connectivity index (χ4n) is 4.45. The van der Waals surface area contributed by atoms with Crippen molar-refractivity contribution in [1.29, 1.82) is 0 Å². The van der Waals surface area contributed by atoms with Gasteiger partial charge in [0.1, 0.15) is 11.4 Å². The highest BCUT2D eigenvalue weighted by Crippen LogP contribution is 2.35. The third kappa shape index (κ3) is 4.32. The largest absolute Gasteiger partial charge is 0.398 e. The van der Waals surface area contributed by atoms with Crippen molar-refractivity contribution in [2.75, 3.05) is 22.5 Å². The van der Waals surface area contributed by atoms with E-state index in [-0.39, 0.29) is 29.7 Å². The normalized spacial score (nSPS) is 13.5. The van der Waals surface area contributed by atoms with Crippen molar-refractivity contribution in [2.24, 2.45) is 12.8 Å². The maximum absolute atomic E-state index is 13.7. The summed E-state index contributed by atoms with van der Waals surface area (Å²) in [6.07, 6.45) is 3.93. The number of amides is 1. The number of rotatable bonds is 7. The van der Waals surface area contributed by atoms with Crippen molar-refractivity contribution in [1.82, 2.24) is 14.5 Å². The van der Waals surface area contributed by atoms with Crippen LogP contribution in [-0.2, 0) is 20.0 Å². The molecule has 0 saturated heterocycles. The van der Waals surface area contributed by atoms with Crippen LogP contribution in [0.4, 0.5) is 17.3 Å². The summed E-state index contributed by atoms with van der Waals surface area (Å²) in [7, 11) is 1.63. The number of carbonyl (C=O) groups is 1. The zero-order chi connectivity index (χ0) is 25.2. The summed E-state index contributed by atoms with van der Waals surface area (Å²) < 4.78 is 1.41. The first-order valence-corrected chi connectivity index (χ1v) is 11.7. The molecule has 1 aliphatic rings. The van der Waals surface area contributed by atoms with Crippen molar-refractivity contribution < 1.29 is 4.79 Å². The second-order valence-electron chi connectivity index (χ2n) is 8.83. The fraction of sp³-hybridized carbons (Fsp3) is 0.185. The summed E-state index contributed by atoms with van der Waals surface area (Å²) >= 11 is 0. The van der Waals surface area contributed by atoms with E-state index >= 15 is 0 Å². The van der Waals surface area contributed by atoms with Gasteiger partial charge in [-0.25, -0.2) is 4.98 Å². The number of anilines is 3. The van der Waals surface area contributed by atoms with Crippen LogP contribution in [0.5, 0.6) is 0 Å². The smallest absolute Gasteiger partial charge is 0.279 e. The molecular formula is C27H27N7O2. The number of nitrogens with zero attached hydrogens (tertiary/aromatic N) is 4. The van der Waals surface area contributed by atoms with Crippen LogP contribution in [0.25, 0.3) is 11.3 Å². The lowest BCUT2D eigenvalue weighted by Crippen LogP contribution is -2.36. The number of nitrogen functional groups attached to an aromatic ring is 1. The van der Waals surface area contributed by atoms with Crippen LogP contribution in [0, 0.1) is 0 Å². The van der Waals surface area contributed by atoms with E-state index in [9.17, 15) is 9.59 Å². The van der Waals surface area contributed by atoms with Gasteiger partial charge in [0.15, 0.2) is 0 Å². The maximum atomic E-state index is 13.7. The highest BCUT2D eigenvalue weighted by Gasteiger charge is 2.34. The lowest BCUT2D eigenvalue weighted by Gasteiger charge is -2.22. The zero-order valence-corrected chi connectivity index (χ0v) is 19.9. The molecule has 0 fully saturated rings. The molecule has 0 radical (unpaired) electrons. The molecule has 0 saturated carbocycles. The lowest BCUT2D eigenvalue weighted by molar-refractivity contribution is 0.0996. The van der Waals surface area contributed by atoms with Crippen LogP contribution in [0.2, 0.25) is 0 Å². The molecule has 1 aliphatic heterocycles. The molecule has 5 N–H and O–H groups in total. The van der Waals surface area contributed by atoms with Gasteiger partial charge in [-0.2, -0.15) is 0 Å². The Morgan fingerprint density at radius 3 is 2.50 bits per heavy atom. The summed E-state index contributed by atoms with van der Waals surface area (Å²) in [6, 6.07) is 18.5. The number of aromatic nitrogens is 3. The number of nitrogens with one attached hydrogen (secondary N) is 1. The van der Waals surface area contributed by atoms with E-state index < -0.39 is 0 Å². The van der Waals surface area contributed by atoms with Crippen LogP contribution in [0.15, 0.2) is 77.9 Å². The Morgan fingerprint density at radius 1 is 1.03 bits per heavy atom. The van der Waals surface area contributed by atoms with E-state index in [4.69, 9.17) is 16.5 Å². The molecular weight excluding hydrogens is 454 g/mol. The van der Waals surface area contributed by atoms with E-state index in [1.54, 1.807) is 49.8 Å². The minimum absolute atomic E-state index is 0.189. The number of pyridine rings is 1. The molecule has 9 heteroatoms. The van der Waals surface area contributed by atoms with Gasteiger partial charge in [-0.1, -0.05) is 36.4 Å². The maximum Gasteiger partial charge on any atom is 0.279 e.